The molecule has 0 aromatic heterocycles. The molecule has 1 N–H and O–H groups in total. The van der Waals surface area contributed by atoms with Crippen molar-refractivity contribution in [2.45, 2.75) is 111 Å². The zero-order valence-corrected chi connectivity index (χ0v) is 18.4. The summed E-state index contributed by atoms with van der Waals surface area (Å²) >= 11 is 0. The van der Waals surface area contributed by atoms with E-state index in [-0.39, 0.29) is 0 Å². The molecule has 0 aromatic rings. The number of methoxy groups -OCH3 is 1. The number of hydrogen-bond acceptors (Lipinski definition) is 4. The lowest BCUT2D eigenvalue weighted by atomic mass is 9.87. The van der Waals surface area contributed by atoms with Gasteiger partial charge in [0.2, 0.25) is 0 Å². The number of carbonyl (C=O) groups excluding carboxylic acids is 2. The normalized spacial score (nSPS) is 12.5. The number of hydrogen-bond donors (Lipinski definition) is 1. The molecular weight excluding hydrogens is 342 g/mol. The van der Waals surface area contributed by atoms with Gasteiger partial charge in [0, 0.05) is 0 Å². The second-order valence-electron chi connectivity index (χ2n) is 8.49. The average Bonchev–Trinajstić information content (AvgIpc) is 2.62. The van der Waals surface area contributed by atoms with Gasteiger partial charge in [0.15, 0.2) is 0 Å². The van der Waals surface area contributed by atoms with E-state index in [1.807, 2.05) is 20.8 Å². The first kappa shape index (κ1) is 25.7. The molecule has 0 rings (SSSR count). The maximum absolute atomic E-state index is 12.3. The molecule has 0 fully saturated rings. The van der Waals surface area contributed by atoms with Crippen LogP contribution in [-0.2, 0) is 14.3 Å². The maximum Gasteiger partial charge on any atom is 0.407 e. The topological polar surface area (TPSA) is 64.6 Å². The van der Waals surface area contributed by atoms with Gasteiger partial charge in [-0.15, -0.1) is 0 Å². The minimum absolute atomic E-state index is 0.393. The van der Waals surface area contributed by atoms with Crippen LogP contribution in [0.5, 0.6) is 0 Å². The van der Waals surface area contributed by atoms with Gasteiger partial charge >= 0.3 is 12.1 Å². The smallest absolute Gasteiger partial charge is 0.407 e. The minimum atomic E-state index is -0.706. The Hall–Kier alpha value is -1.26. The van der Waals surface area contributed by atoms with E-state index in [1.54, 1.807) is 0 Å². The molecule has 160 valence electrons. The third-order valence-corrected chi connectivity index (χ3v) is 4.79. The Labute approximate surface area is 167 Å². The van der Waals surface area contributed by atoms with Crippen molar-refractivity contribution in [2.75, 3.05) is 13.7 Å². The van der Waals surface area contributed by atoms with Crippen LogP contribution in [0.2, 0.25) is 0 Å². The molecule has 27 heavy (non-hydrogen) atoms. The van der Waals surface area contributed by atoms with Crippen molar-refractivity contribution in [3.8, 4) is 0 Å². The fourth-order valence-corrected chi connectivity index (χ4v) is 3.00. The zero-order chi connectivity index (χ0) is 20.5. The third-order valence-electron chi connectivity index (χ3n) is 4.79. The van der Waals surface area contributed by atoms with Crippen molar-refractivity contribution in [1.29, 1.82) is 0 Å². The molecule has 0 aliphatic carbocycles. The summed E-state index contributed by atoms with van der Waals surface area (Å²) in [7, 11) is 1.28. The van der Waals surface area contributed by atoms with E-state index in [0.717, 1.165) is 12.8 Å². The summed E-state index contributed by atoms with van der Waals surface area (Å²) in [6.07, 6.45) is 14.6. The fourth-order valence-electron chi connectivity index (χ4n) is 3.00. The Morgan fingerprint density at radius 2 is 1.26 bits per heavy atom. The standard InChI is InChI=1S/C22H43NO4/c1-6-7-8-9-10-11-12-13-14-15-16-17-18-27-20(24)19(22(2,3)4)23-21(25)26-5/h19H,6-18H2,1-5H3,(H,23,25). The number of rotatable bonds is 15. The van der Waals surface area contributed by atoms with E-state index >= 15 is 0 Å². The Morgan fingerprint density at radius 3 is 1.67 bits per heavy atom. The van der Waals surface area contributed by atoms with Crippen LogP contribution in [0.1, 0.15) is 105 Å². The number of alkyl carbamates (subject to hydrolysis) is 1. The second-order valence-corrected chi connectivity index (χ2v) is 8.49. The molecule has 0 saturated carbocycles. The molecule has 0 heterocycles. The van der Waals surface area contributed by atoms with E-state index in [0.29, 0.717) is 6.61 Å². The molecule has 1 amide bonds. The average molecular weight is 386 g/mol. The SMILES string of the molecule is CCCCCCCCCCCCCCOC(=O)C(NC(=O)OC)C(C)(C)C. The minimum Gasteiger partial charge on any atom is -0.464 e. The van der Waals surface area contributed by atoms with Gasteiger partial charge in [-0.1, -0.05) is 98.3 Å². The molecule has 0 aliphatic rings. The molecule has 0 saturated heterocycles. The van der Waals surface area contributed by atoms with Crippen LogP contribution in [0.3, 0.4) is 0 Å². The van der Waals surface area contributed by atoms with Gasteiger partial charge < -0.3 is 14.8 Å². The molecule has 0 radical (unpaired) electrons. The number of nitrogens with one attached hydrogen (secondary N) is 1. The van der Waals surface area contributed by atoms with E-state index < -0.39 is 23.5 Å². The number of amides is 1. The molecule has 5 heteroatoms. The van der Waals surface area contributed by atoms with Gasteiger partial charge in [-0.2, -0.15) is 0 Å². The summed E-state index contributed by atoms with van der Waals surface area (Å²) < 4.78 is 9.95. The number of ether oxygens (including phenoxy) is 2. The third kappa shape index (κ3) is 14.5. The Bertz CT molecular complexity index is 390. The summed E-state index contributed by atoms with van der Waals surface area (Å²) in [6, 6.07) is -0.706. The predicted octanol–water partition coefficient (Wildman–Crippen LogP) is 6.00. The fraction of sp³-hybridized carbons (Fsp3) is 0.909. The van der Waals surface area contributed by atoms with Crippen LogP contribution in [-0.4, -0.2) is 31.8 Å². The van der Waals surface area contributed by atoms with E-state index in [2.05, 4.69) is 17.0 Å². The largest absolute Gasteiger partial charge is 0.464 e. The Balaban J connectivity index is 3.70. The molecule has 0 spiro atoms. The van der Waals surface area contributed by atoms with Gasteiger partial charge in [0.05, 0.1) is 13.7 Å². The lowest BCUT2D eigenvalue weighted by molar-refractivity contribution is -0.149. The van der Waals surface area contributed by atoms with Crippen molar-refractivity contribution in [3.63, 3.8) is 0 Å². The van der Waals surface area contributed by atoms with Gasteiger partial charge in [0.1, 0.15) is 6.04 Å². The number of carbonyl (C=O) groups is 2. The van der Waals surface area contributed by atoms with Crippen molar-refractivity contribution in [3.05, 3.63) is 0 Å². The highest BCUT2D eigenvalue weighted by atomic mass is 16.5. The first-order valence-corrected chi connectivity index (χ1v) is 10.8. The molecule has 1 unspecified atom stereocenters. The molecule has 5 nitrogen and oxygen atoms in total. The van der Waals surface area contributed by atoms with Crippen LogP contribution in [0.4, 0.5) is 4.79 Å². The molecule has 0 aliphatic heterocycles. The summed E-state index contributed by atoms with van der Waals surface area (Å²) in [5, 5.41) is 2.57. The van der Waals surface area contributed by atoms with Crippen molar-refractivity contribution in [1.82, 2.24) is 5.32 Å². The van der Waals surface area contributed by atoms with Crippen molar-refractivity contribution in [2.24, 2.45) is 5.41 Å². The summed E-state index contributed by atoms with van der Waals surface area (Å²) in [6.45, 7) is 8.32. The van der Waals surface area contributed by atoms with Crippen molar-refractivity contribution < 1.29 is 19.1 Å². The van der Waals surface area contributed by atoms with Gasteiger partial charge in [-0.05, 0) is 11.8 Å². The Morgan fingerprint density at radius 1 is 0.815 bits per heavy atom. The van der Waals surface area contributed by atoms with Crippen LogP contribution in [0.25, 0.3) is 0 Å². The summed E-state index contributed by atoms with van der Waals surface area (Å²) in [5.74, 6) is -0.393. The highest BCUT2D eigenvalue weighted by molar-refractivity contribution is 5.82. The van der Waals surface area contributed by atoms with E-state index in [9.17, 15) is 9.59 Å². The zero-order valence-electron chi connectivity index (χ0n) is 18.4. The number of unbranched alkanes of at least 4 members (excludes halogenated alkanes) is 11. The van der Waals surface area contributed by atoms with Crippen LogP contribution in [0.15, 0.2) is 0 Å². The Kier molecular flexibility index (Phi) is 15.0. The highest BCUT2D eigenvalue weighted by Gasteiger charge is 2.34. The van der Waals surface area contributed by atoms with E-state index in [1.165, 1.54) is 71.3 Å². The highest BCUT2D eigenvalue weighted by Crippen LogP contribution is 2.21. The summed E-state index contributed by atoms with van der Waals surface area (Å²) in [4.78, 5) is 23.7. The van der Waals surface area contributed by atoms with E-state index in [4.69, 9.17) is 4.74 Å². The van der Waals surface area contributed by atoms with Crippen LogP contribution >= 0.6 is 0 Å². The van der Waals surface area contributed by atoms with Crippen LogP contribution < -0.4 is 5.32 Å². The first-order valence-electron chi connectivity index (χ1n) is 10.8. The molecule has 1 atom stereocenters. The van der Waals surface area contributed by atoms with Crippen LogP contribution in [0, 0.1) is 5.41 Å². The quantitative estimate of drug-likeness (QED) is 0.277. The second kappa shape index (κ2) is 15.8. The molecule has 0 aromatic carbocycles. The lowest BCUT2D eigenvalue weighted by Gasteiger charge is -2.28. The monoisotopic (exact) mass is 385 g/mol. The molecular formula is C22H43NO4. The van der Waals surface area contributed by atoms with Crippen molar-refractivity contribution >= 4 is 12.1 Å². The lowest BCUT2D eigenvalue weighted by Crippen LogP contribution is -2.49. The number of esters is 1. The first-order chi connectivity index (χ1) is 12.8. The summed E-state index contributed by atoms with van der Waals surface area (Å²) in [5.41, 5.74) is -0.429. The van der Waals surface area contributed by atoms with Gasteiger partial charge in [0.25, 0.3) is 0 Å². The van der Waals surface area contributed by atoms with Gasteiger partial charge in [-0.3, -0.25) is 0 Å². The van der Waals surface area contributed by atoms with Gasteiger partial charge in [-0.25, -0.2) is 9.59 Å². The predicted molar refractivity (Wildman–Crippen MR) is 111 cm³/mol. The molecule has 0 bridgehead atoms. The maximum atomic E-state index is 12.3.